The van der Waals surface area contributed by atoms with E-state index in [0.29, 0.717) is 11.5 Å². The fourth-order valence-electron chi connectivity index (χ4n) is 3.87. The molecular formula is C17H31N3. The van der Waals surface area contributed by atoms with E-state index in [1.807, 2.05) is 0 Å². The van der Waals surface area contributed by atoms with Crippen molar-refractivity contribution in [3.63, 3.8) is 0 Å². The Labute approximate surface area is 124 Å². The molecule has 1 aromatic rings. The maximum atomic E-state index is 4.50. The van der Waals surface area contributed by atoms with E-state index in [9.17, 15) is 0 Å². The second-order valence-corrected chi connectivity index (χ2v) is 7.15. The van der Waals surface area contributed by atoms with Gasteiger partial charge in [-0.15, -0.1) is 0 Å². The van der Waals surface area contributed by atoms with E-state index < -0.39 is 0 Å². The summed E-state index contributed by atoms with van der Waals surface area (Å²) in [5, 5.41) is 8.31. The van der Waals surface area contributed by atoms with Crippen molar-refractivity contribution in [3.8, 4) is 0 Å². The largest absolute Gasteiger partial charge is 0.313 e. The third-order valence-electron chi connectivity index (χ3n) is 5.01. The van der Waals surface area contributed by atoms with E-state index >= 15 is 0 Å². The number of nitrogens with zero attached hydrogens (tertiary/aromatic N) is 2. The highest BCUT2D eigenvalue weighted by atomic mass is 15.3. The highest BCUT2D eigenvalue weighted by molar-refractivity contribution is 5.11. The molecular weight excluding hydrogens is 246 g/mol. The van der Waals surface area contributed by atoms with Crippen molar-refractivity contribution in [1.29, 1.82) is 0 Å². The first-order valence-electron chi connectivity index (χ1n) is 8.17. The molecule has 2 unspecified atom stereocenters. The van der Waals surface area contributed by atoms with Crippen molar-refractivity contribution >= 4 is 0 Å². The lowest BCUT2D eigenvalue weighted by molar-refractivity contribution is 0.194. The minimum Gasteiger partial charge on any atom is -0.313 e. The zero-order valence-electron chi connectivity index (χ0n) is 13.9. The second kappa shape index (κ2) is 6.30. The lowest BCUT2D eigenvalue weighted by Gasteiger charge is -2.35. The normalized spacial score (nSPS) is 23.1. The summed E-state index contributed by atoms with van der Waals surface area (Å²) in [6, 6.07) is 2.82. The summed E-state index contributed by atoms with van der Waals surface area (Å²) < 4.78 is 2.05. The molecule has 3 nitrogen and oxygen atoms in total. The van der Waals surface area contributed by atoms with Crippen molar-refractivity contribution in [2.45, 2.75) is 65.8 Å². The highest BCUT2D eigenvalue weighted by Gasteiger charge is 2.39. The number of aryl methyl sites for hydroxylation is 2. The van der Waals surface area contributed by atoms with E-state index in [1.165, 1.54) is 31.4 Å². The minimum absolute atomic E-state index is 0.471. The average molecular weight is 277 g/mol. The Bertz CT molecular complexity index is 433. The molecule has 1 N–H and O–H groups in total. The van der Waals surface area contributed by atoms with Crippen LogP contribution in [0.25, 0.3) is 0 Å². The van der Waals surface area contributed by atoms with Crippen molar-refractivity contribution in [1.82, 2.24) is 15.1 Å². The van der Waals surface area contributed by atoms with Crippen molar-refractivity contribution < 1.29 is 0 Å². The van der Waals surface area contributed by atoms with Crippen LogP contribution in [0.15, 0.2) is 6.07 Å². The van der Waals surface area contributed by atoms with Crippen LogP contribution in [0.2, 0.25) is 0 Å². The maximum Gasteiger partial charge on any atom is 0.0596 e. The summed E-state index contributed by atoms with van der Waals surface area (Å²) >= 11 is 0. The molecule has 20 heavy (non-hydrogen) atoms. The van der Waals surface area contributed by atoms with Gasteiger partial charge in [0.1, 0.15) is 0 Å². The molecule has 1 aliphatic carbocycles. The van der Waals surface area contributed by atoms with Crippen LogP contribution < -0.4 is 5.32 Å². The Morgan fingerprint density at radius 2 is 2.25 bits per heavy atom. The summed E-state index contributed by atoms with van der Waals surface area (Å²) in [6.07, 6.45) is 6.42. The van der Waals surface area contributed by atoms with Gasteiger partial charge in [0.05, 0.1) is 5.69 Å². The fraction of sp³-hybridized carbons (Fsp3) is 0.824. The van der Waals surface area contributed by atoms with Gasteiger partial charge in [0.15, 0.2) is 0 Å². The molecule has 1 aromatic heterocycles. The molecule has 3 heteroatoms. The zero-order chi connectivity index (χ0) is 14.8. The van der Waals surface area contributed by atoms with Gasteiger partial charge in [-0.25, -0.2) is 0 Å². The predicted molar refractivity (Wildman–Crippen MR) is 84.9 cm³/mol. The van der Waals surface area contributed by atoms with Crippen molar-refractivity contribution in [3.05, 3.63) is 17.5 Å². The lowest BCUT2D eigenvalue weighted by atomic mass is 9.76. The molecule has 114 valence electrons. The zero-order valence-corrected chi connectivity index (χ0v) is 13.9. The van der Waals surface area contributed by atoms with E-state index in [4.69, 9.17) is 0 Å². The number of hydrogen-bond donors (Lipinski definition) is 1. The fourth-order valence-corrected chi connectivity index (χ4v) is 3.87. The first kappa shape index (κ1) is 15.6. The highest BCUT2D eigenvalue weighted by Crippen LogP contribution is 2.44. The van der Waals surface area contributed by atoms with Gasteiger partial charge in [-0.05, 0) is 50.1 Å². The molecule has 0 saturated heterocycles. The molecule has 0 aliphatic heterocycles. The predicted octanol–water partition coefficient (Wildman–Crippen LogP) is 3.47. The number of aromatic nitrogens is 2. The second-order valence-electron chi connectivity index (χ2n) is 7.15. The van der Waals surface area contributed by atoms with Gasteiger partial charge in [0.25, 0.3) is 0 Å². The molecule has 1 saturated carbocycles. The Morgan fingerprint density at radius 3 is 2.75 bits per heavy atom. The third-order valence-corrected chi connectivity index (χ3v) is 5.01. The third kappa shape index (κ3) is 3.43. The molecule has 0 amide bonds. The summed E-state index contributed by atoms with van der Waals surface area (Å²) in [6.45, 7) is 10.3. The van der Waals surface area contributed by atoms with Crippen molar-refractivity contribution in [2.24, 2.45) is 18.4 Å². The SMILES string of the molecule is CCCNC(Cc1cc(C)nn1C)C1CCCC1(C)C. The monoisotopic (exact) mass is 277 g/mol. The molecule has 1 fully saturated rings. The first-order chi connectivity index (χ1) is 9.44. The van der Waals surface area contributed by atoms with Crippen LogP contribution in [0.3, 0.4) is 0 Å². The molecule has 0 aromatic carbocycles. The summed E-state index contributed by atoms with van der Waals surface area (Å²) in [7, 11) is 2.07. The van der Waals surface area contributed by atoms with Crippen LogP contribution >= 0.6 is 0 Å². The van der Waals surface area contributed by atoms with Gasteiger partial charge in [0.2, 0.25) is 0 Å². The van der Waals surface area contributed by atoms with Crippen LogP contribution in [-0.4, -0.2) is 22.4 Å². The number of nitrogens with one attached hydrogen (secondary N) is 1. The van der Waals surface area contributed by atoms with E-state index in [-0.39, 0.29) is 0 Å². The quantitative estimate of drug-likeness (QED) is 0.863. The smallest absolute Gasteiger partial charge is 0.0596 e. The molecule has 2 atom stereocenters. The Balaban J connectivity index is 2.13. The summed E-state index contributed by atoms with van der Waals surface area (Å²) in [4.78, 5) is 0. The van der Waals surface area contributed by atoms with Gasteiger partial charge in [-0.1, -0.05) is 27.2 Å². The number of rotatable bonds is 6. The summed E-state index contributed by atoms with van der Waals surface area (Å²) in [5.41, 5.74) is 2.96. The van der Waals surface area contributed by atoms with Crippen LogP contribution in [0.1, 0.15) is 57.8 Å². The average Bonchev–Trinajstić information content (AvgIpc) is 2.87. The molecule has 0 bridgehead atoms. The van der Waals surface area contributed by atoms with E-state index in [0.717, 1.165) is 24.6 Å². The lowest BCUT2D eigenvalue weighted by Crippen LogP contribution is -2.43. The minimum atomic E-state index is 0.471. The van der Waals surface area contributed by atoms with Crippen LogP contribution in [0.5, 0.6) is 0 Å². The van der Waals surface area contributed by atoms with Gasteiger partial charge in [-0.3, -0.25) is 4.68 Å². The molecule has 2 rings (SSSR count). The maximum absolute atomic E-state index is 4.50. The van der Waals surface area contributed by atoms with Crippen LogP contribution in [-0.2, 0) is 13.5 Å². The van der Waals surface area contributed by atoms with Crippen molar-refractivity contribution in [2.75, 3.05) is 6.54 Å². The molecule has 0 spiro atoms. The first-order valence-corrected chi connectivity index (χ1v) is 8.17. The van der Waals surface area contributed by atoms with Gasteiger partial charge in [0, 0.05) is 25.2 Å². The Morgan fingerprint density at radius 1 is 1.50 bits per heavy atom. The molecule has 1 aliphatic rings. The van der Waals surface area contributed by atoms with E-state index in [1.54, 1.807) is 0 Å². The van der Waals surface area contributed by atoms with Gasteiger partial charge >= 0.3 is 0 Å². The summed E-state index contributed by atoms with van der Waals surface area (Å²) in [5.74, 6) is 0.782. The Kier molecular flexibility index (Phi) is 4.90. The molecule has 1 heterocycles. The number of hydrogen-bond acceptors (Lipinski definition) is 2. The van der Waals surface area contributed by atoms with Crippen LogP contribution in [0, 0.1) is 18.3 Å². The van der Waals surface area contributed by atoms with Gasteiger partial charge in [-0.2, -0.15) is 5.10 Å². The topological polar surface area (TPSA) is 29.9 Å². The van der Waals surface area contributed by atoms with Gasteiger partial charge < -0.3 is 5.32 Å². The van der Waals surface area contributed by atoms with Crippen LogP contribution in [0.4, 0.5) is 0 Å². The Hall–Kier alpha value is -0.830. The standard InChI is InChI=1S/C17H31N3/c1-6-10-18-16(15-8-7-9-17(15,3)4)12-14-11-13(2)19-20(14)5/h11,15-16,18H,6-10,12H2,1-5H3. The van der Waals surface area contributed by atoms with E-state index in [2.05, 4.69) is 55.9 Å². The molecule has 0 radical (unpaired) electrons.